The number of benzene rings is 2. The van der Waals surface area contributed by atoms with Crippen LogP contribution in [0, 0.1) is 12.7 Å². The summed E-state index contributed by atoms with van der Waals surface area (Å²) in [5.41, 5.74) is 1.54. The third kappa shape index (κ3) is 5.30. The summed E-state index contributed by atoms with van der Waals surface area (Å²) >= 11 is 0. The van der Waals surface area contributed by atoms with E-state index < -0.39 is 32.8 Å². The zero-order valence-electron chi connectivity index (χ0n) is 19.4. The van der Waals surface area contributed by atoms with Crippen LogP contribution < -0.4 is 5.32 Å². The van der Waals surface area contributed by atoms with Crippen LogP contribution in [0.3, 0.4) is 0 Å². The van der Waals surface area contributed by atoms with Crippen LogP contribution in [0.25, 0.3) is 0 Å². The molecule has 0 saturated carbocycles. The Hall–Kier alpha value is -3.99. The van der Waals surface area contributed by atoms with Crippen LogP contribution in [0.1, 0.15) is 26.5 Å². The highest BCUT2D eigenvalue weighted by molar-refractivity contribution is 7.92. The van der Waals surface area contributed by atoms with Gasteiger partial charge in [-0.2, -0.15) is 0 Å². The molecule has 0 bridgehead atoms. The Morgan fingerprint density at radius 1 is 0.917 bits per heavy atom. The highest BCUT2D eigenvalue weighted by Gasteiger charge is 2.40. The lowest BCUT2D eigenvalue weighted by Gasteiger charge is -2.36. The second kappa shape index (κ2) is 10.3. The monoisotopic (exact) mass is 513 g/mol. The molecule has 9 nitrogen and oxygen atoms in total. The van der Waals surface area contributed by atoms with Crippen LogP contribution in [-0.4, -0.2) is 67.5 Å². The number of amides is 3. The van der Waals surface area contributed by atoms with E-state index in [-0.39, 0.29) is 42.7 Å². The van der Waals surface area contributed by atoms with Crippen molar-refractivity contribution in [3.05, 3.63) is 89.6 Å². The van der Waals surface area contributed by atoms with Gasteiger partial charge in [0.15, 0.2) is 5.76 Å². The van der Waals surface area contributed by atoms with Crippen molar-refractivity contribution in [1.29, 1.82) is 0 Å². The Morgan fingerprint density at radius 3 is 2.11 bits per heavy atom. The molecule has 3 aromatic rings. The van der Waals surface area contributed by atoms with E-state index in [2.05, 4.69) is 5.32 Å². The number of nitrogens with one attached hydrogen (secondary N) is 1. The molecule has 0 unspecified atom stereocenters. The number of carbonyl (C=O) groups is 3. The molecule has 1 N–H and O–H groups in total. The van der Waals surface area contributed by atoms with Gasteiger partial charge in [0.05, 0.1) is 11.2 Å². The summed E-state index contributed by atoms with van der Waals surface area (Å²) < 4.78 is 45.1. The van der Waals surface area contributed by atoms with Crippen LogP contribution in [0.15, 0.2) is 76.2 Å². The third-order valence-corrected chi connectivity index (χ3v) is 7.73. The minimum absolute atomic E-state index is 0.0719. The number of piperazine rings is 1. The number of halogens is 1. The molecule has 3 amide bonds. The van der Waals surface area contributed by atoms with E-state index in [0.29, 0.717) is 5.56 Å². The fraction of sp³-hybridized carbons (Fsp3) is 0.240. The van der Waals surface area contributed by atoms with E-state index in [1.165, 1.54) is 23.3 Å². The zero-order valence-corrected chi connectivity index (χ0v) is 20.2. The number of nitrogens with zero attached hydrogens (tertiary/aromatic N) is 2. The predicted molar refractivity (Wildman–Crippen MR) is 127 cm³/mol. The molecule has 1 fully saturated rings. The van der Waals surface area contributed by atoms with E-state index >= 15 is 0 Å². The van der Waals surface area contributed by atoms with Gasteiger partial charge in [0.25, 0.3) is 17.7 Å². The molecule has 1 aliphatic heterocycles. The summed E-state index contributed by atoms with van der Waals surface area (Å²) in [6, 6.07) is 13.9. The maximum Gasteiger partial charge on any atom is 0.288 e. The largest absolute Gasteiger partial charge is 0.459 e. The molecule has 1 aromatic heterocycles. The van der Waals surface area contributed by atoms with Crippen LogP contribution >= 0.6 is 0 Å². The SMILES string of the molecule is Cc1ccc(C(=O)N2CCN(C(=O)[C@H](NC(=O)c3ccco3)S(=O)(=O)c3ccc(F)cc3)CC2)cc1. The van der Waals surface area contributed by atoms with Gasteiger partial charge < -0.3 is 19.5 Å². The number of sulfone groups is 1. The van der Waals surface area contributed by atoms with E-state index in [0.717, 1.165) is 29.8 Å². The summed E-state index contributed by atoms with van der Waals surface area (Å²) in [5.74, 6) is -2.76. The molecule has 2 heterocycles. The fourth-order valence-electron chi connectivity index (χ4n) is 3.80. The molecule has 0 spiro atoms. The van der Waals surface area contributed by atoms with Crippen molar-refractivity contribution in [3.63, 3.8) is 0 Å². The molecular formula is C25H24FN3O6S. The van der Waals surface area contributed by atoms with E-state index in [9.17, 15) is 27.2 Å². The molecule has 0 aliphatic carbocycles. The molecule has 188 valence electrons. The summed E-state index contributed by atoms with van der Waals surface area (Å²) in [4.78, 5) is 41.3. The molecule has 1 aliphatic rings. The first-order valence-corrected chi connectivity index (χ1v) is 12.7. The van der Waals surface area contributed by atoms with Crippen LogP contribution in [0.2, 0.25) is 0 Å². The topological polar surface area (TPSA) is 117 Å². The van der Waals surface area contributed by atoms with Crippen molar-refractivity contribution in [2.45, 2.75) is 17.2 Å². The van der Waals surface area contributed by atoms with Gasteiger partial charge in [0.2, 0.25) is 15.2 Å². The maximum atomic E-state index is 13.4. The quantitative estimate of drug-likeness (QED) is 0.506. The standard InChI is InChI=1S/C25H24FN3O6S/c1-17-4-6-18(7-5-17)24(31)28-12-14-29(15-13-28)25(32)23(27-22(30)21-3-2-16-35-21)36(33,34)20-10-8-19(26)9-11-20/h2-11,16,23H,12-15H2,1H3,(H,27,30)/t23-/m1/s1. The highest BCUT2D eigenvalue weighted by atomic mass is 32.2. The summed E-state index contributed by atoms with van der Waals surface area (Å²) in [6.45, 7) is 2.44. The number of hydrogen-bond donors (Lipinski definition) is 1. The number of rotatable bonds is 6. The second-order valence-corrected chi connectivity index (χ2v) is 10.3. The number of aryl methyl sites for hydroxylation is 1. The minimum Gasteiger partial charge on any atom is -0.459 e. The summed E-state index contributed by atoms with van der Waals surface area (Å²) in [7, 11) is -4.44. The average Bonchev–Trinajstić information content (AvgIpc) is 3.42. The van der Waals surface area contributed by atoms with Gasteiger partial charge in [0, 0.05) is 31.7 Å². The van der Waals surface area contributed by atoms with Crippen LogP contribution in [0.5, 0.6) is 0 Å². The van der Waals surface area contributed by atoms with Crippen LogP contribution in [0.4, 0.5) is 4.39 Å². The van der Waals surface area contributed by atoms with Gasteiger partial charge in [-0.15, -0.1) is 0 Å². The molecule has 11 heteroatoms. The Morgan fingerprint density at radius 2 is 1.53 bits per heavy atom. The minimum atomic E-state index is -4.44. The Labute approximate surface area is 207 Å². The lowest BCUT2D eigenvalue weighted by atomic mass is 10.1. The number of furan rings is 1. The van der Waals surface area contributed by atoms with Gasteiger partial charge in [0.1, 0.15) is 5.82 Å². The number of carbonyl (C=O) groups excluding carboxylic acids is 3. The van der Waals surface area contributed by atoms with Crippen molar-refractivity contribution in [2.75, 3.05) is 26.2 Å². The van der Waals surface area contributed by atoms with E-state index in [4.69, 9.17) is 4.42 Å². The summed E-state index contributed by atoms with van der Waals surface area (Å²) in [5, 5.41) is 0.277. The Balaban J connectivity index is 1.53. The van der Waals surface area contributed by atoms with Gasteiger partial charge >= 0.3 is 0 Å². The first-order chi connectivity index (χ1) is 17.2. The third-order valence-electron chi connectivity index (χ3n) is 5.86. The van der Waals surface area contributed by atoms with Crippen molar-refractivity contribution in [2.24, 2.45) is 0 Å². The van der Waals surface area contributed by atoms with Crippen molar-refractivity contribution in [3.8, 4) is 0 Å². The molecule has 36 heavy (non-hydrogen) atoms. The molecule has 0 radical (unpaired) electrons. The average molecular weight is 514 g/mol. The van der Waals surface area contributed by atoms with E-state index in [1.54, 1.807) is 17.0 Å². The highest BCUT2D eigenvalue weighted by Crippen LogP contribution is 2.19. The molecule has 1 saturated heterocycles. The van der Waals surface area contributed by atoms with Crippen LogP contribution in [-0.2, 0) is 14.6 Å². The molecule has 2 aromatic carbocycles. The lowest BCUT2D eigenvalue weighted by molar-refractivity contribution is -0.132. The normalized spacial score (nSPS) is 14.8. The zero-order chi connectivity index (χ0) is 25.9. The first-order valence-electron chi connectivity index (χ1n) is 11.2. The Kier molecular flexibility index (Phi) is 7.20. The molecule has 1 atom stereocenters. The fourth-order valence-corrected chi connectivity index (χ4v) is 5.27. The van der Waals surface area contributed by atoms with Crippen molar-refractivity contribution < 1.29 is 31.6 Å². The Bertz CT molecular complexity index is 1350. The predicted octanol–water partition coefficient (Wildman–Crippen LogP) is 2.24. The van der Waals surface area contributed by atoms with Crippen molar-refractivity contribution >= 4 is 27.6 Å². The molecular weight excluding hydrogens is 489 g/mol. The van der Waals surface area contributed by atoms with Gasteiger partial charge in [-0.05, 0) is 55.5 Å². The maximum absolute atomic E-state index is 13.4. The van der Waals surface area contributed by atoms with Crippen molar-refractivity contribution in [1.82, 2.24) is 15.1 Å². The smallest absolute Gasteiger partial charge is 0.288 e. The molecule has 4 rings (SSSR count). The number of hydrogen-bond acceptors (Lipinski definition) is 6. The lowest BCUT2D eigenvalue weighted by Crippen LogP contribution is -2.57. The summed E-state index contributed by atoms with van der Waals surface area (Å²) in [6.07, 6.45) is 1.24. The van der Waals surface area contributed by atoms with Gasteiger partial charge in [-0.3, -0.25) is 14.4 Å². The van der Waals surface area contributed by atoms with Gasteiger partial charge in [-0.1, -0.05) is 17.7 Å². The first kappa shape index (κ1) is 25.1. The van der Waals surface area contributed by atoms with Gasteiger partial charge in [-0.25, -0.2) is 12.8 Å². The van der Waals surface area contributed by atoms with E-state index in [1.807, 2.05) is 19.1 Å². The second-order valence-electron chi connectivity index (χ2n) is 8.31.